The van der Waals surface area contributed by atoms with E-state index in [1.807, 2.05) is 0 Å². The summed E-state index contributed by atoms with van der Waals surface area (Å²) in [4.78, 5) is 22.8. The van der Waals surface area contributed by atoms with Crippen molar-refractivity contribution in [3.8, 4) is 0 Å². The predicted octanol–water partition coefficient (Wildman–Crippen LogP) is 2.54. The van der Waals surface area contributed by atoms with Gasteiger partial charge in [0.05, 0.1) is 12.0 Å². The molecule has 0 heterocycles. The van der Waals surface area contributed by atoms with Crippen LogP contribution in [0.2, 0.25) is 0 Å². The molecule has 5 nitrogen and oxygen atoms in total. The zero-order valence-corrected chi connectivity index (χ0v) is 12.4. The molecule has 3 N–H and O–H groups in total. The molecule has 0 saturated heterocycles. The molecule has 0 aliphatic carbocycles. The standard InChI is InChI=1S/C15H21FN2O3/c1-9(2)13(14(19)20)8-17-15(21)18-10(3)11-4-6-12(16)7-5-11/h4-7,9-10,13H,8H2,1-3H3,(H,19,20)(H2,17,18,21). The molecule has 0 aliphatic heterocycles. The number of benzene rings is 1. The maximum Gasteiger partial charge on any atom is 0.315 e. The summed E-state index contributed by atoms with van der Waals surface area (Å²) in [6, 6.07) is 5.09. The van der Waals surface area contributed by atoms with E-state index < -0.39 is 17.9 Å². The molecular weight excluding hydrogens is 275 g/mol. The summed E-state index contributed by atoms with van der Waals surface area (Å²) in [5.41, 5.74) is 0.769. The molecule has 21 heavy (non-hydrogen) atoms. The highest BCUT2D eigenvalue weighted by Gasteiger charge is 2.22. The number of rotatable bonds is 6. The van der Waals surface area contributed by atoms with Crippen LogP contribution in [-0.2, 0) is 4.79 Å². The summed E-state index contributed by atoms with van der Waals surface area (Å²) in [6.07, 6.45) is 0. The Morgan fingerprint density at radius 3 is 2.24 bits per heavy atom. The molecule has 0 saturated carbocycles. The van der Waals surface area contributed by atoms with Crippen LogP contribution in [0, 0.1) is 17.7 Å². The Morgan fingerprint density at radius 1 is 1.19 bits per heavy atom. The number of carbonyl (C=O) groups excluding carboxylic acids is 1. The van der Waals surface area contributed by atoms with E-state index in [1.54, 1.807) is 32.9 Å². The van der Waals surface area contributed by atoms with Crippen LogP contribution in [-0.4, -0.2) is 23.7 Å². The van der Waals surface area contributed by atoms with E-state index in [0.717, 1.165) is 5.56 Å². The summed E-state index contributed by atoms with van der Waals surface area (Å²) in [5, 5.41) is 14.3. The SMILES string of the molecule is CC(NC(=O)NCC(C(=O)O)C(C)C)c1ccc(F)cc1. The Balaban J connectivity index is 2.49. The van der Waals surface area contributed by atoms with Crippen molar-refractivity contribution < 1.29 is 19.1 Å². The first kappa shape index (κ1) is 16.9. The first-order valence-corrected chi connectivity index (χ1v) is 6.84. The van der Waals surface area contributed by atoms with Gasteiger partial charge in [-0.25, -0.2) is 9.18 Å². The number of carboxylic acid groups (broad SMARTS) is 1. The Kier molecular flexibility index (Phi) is 6.14. The van der Waals surface area contributed by atoms with Crippen molar-refractivity contribution in [2.24, 2.45) is 11.8 Å². The molecule has 6 heteroatoms. The summed E-state index contributed by atoms with van der Waals surface area (Å²) < 4.78 is 12.8. The third-order valence-electron chi connectivity index (χ3n) is 3.32. The number of urea groups is 1. The largest absolute Gasteiger partial charge is 0.481 e. The first-order chi connectivity index (χ1) is 9.81. The van der Waals surface area contributed by atoms with Crippen LogP contribution in [0.3, 0.4) is 0 Å². The maximum atomic E-state index is 12.8. The molecule has 2 atom stereocenters. The number of halogens is 1. The lowest BCUT2D eigenvalue weighted by Gasteiger charge is -2.19. The van der Waals surface area contributed by atoms with Crippen molar-refractivity contribution in [1.82, 2.24) is 10.6 Å². The van der Waals surface area contributed by atoms with Crippen molar-refractivity contribution in [2.45, 2.75) is 26.8 Å². The van der Waals surface area contributed by atoms with Gasteiger partial charge in [0.1, 0.15) is 5.82 Å². The molecule has 2 amide bonds. The van der Waals surface area contributed by atoms with Gasteiger partial charge in [0.15, 0.2) is 0 Å². The summed E-state index contributed by atoms with van der Waals surface area (Å²) in [7, 11) is 0. The Hall–Kier alpha value is -2.11. The average Bonchev–Trinajstić information content (AvgIpc) is 2.38. The number of amides is 2. The second-order valence-corrected chi connectivity index (χ2v) is 5.32. The van der Waals surface area contributed by atoms with E-state index in [9.17, 15) is 14.0 Å². The molecule has 1 aromatic rings. The first-order valence-electron chi connectivity index (χ1n) is 6.84. The molecular formula is C15H21FN2O3. The van der Waals surface area contributed by atoms with Gasteiger partial charge in [0.25, 0.3) is 0 Å². The number of hydrogen-bond acceptors (Lipinski definition) is 2. The molecule has 0 aromatic heterocycles. The fourth-order valence-corrected chi connectivity index (χ4v) is 1.89. The Labute approximate surface area is 123 Å². The molecule has 1 aromatic carbocycles. The summed E-state index contributed by atoms with van der Waals surface area (Å²) >= 11 is 0. The van der Waals surface area contributed by atoms with E-state index in [-0.39, 0.29) is 24.3 Å². The molecule has 116 valence electrons. The normalized spacial score (nSPS) is 13.6. The molecule has 2 unspecified atom stereocenters. The van der Waals surface area contributed by atoms with Gasteiger partial charge in [-0.1, -0.05) is 26.0 Å². The summed E-state index contributed by atoms with van der Waals surface area (Å²) in [6.45, 7) is 5.41. The quantitative estimate of drug-likeness (QED) is 0.755. The molecule has 0 spiro atoms. The van der Waals surface area contributed by atoms with Crippen LogP contribution in [0.25, 0.3) is 0 Å². The van der Waals surface area contributed by atoms with E-state index in [2.05, 4.69) is 10.6 Å². The smallest absolute Gasteiger partial charge is 0.315 e. The van der Waals surface area contributed by atoms with E-state index in [1.165, 1.54) is 12.1 Å². The lowest BCUT2D eigenvalue weighted by Crippen LogP contribution is -2.42. The van der Waals surface area contributed by atoms with Gasteiger partial charge in [-0.2, -0.15) is 0 Å². The molecule has 1 rings (SSSR count). The minimum atomic E-state index is -0.933. The minimum Gasteiger partial charge on any atom is -0.481 e. The summed E-state index contributed by atoms with van der Waals surface area (Å²) in [5.74, 6) is -1.97. The number of aliphatic carboxylic acids is 1. The van der Waals surface area contributed by atoms with Gasteiger partial charge in [-0.15, -0.1) is 0 Å². The van der Waals surface area contributed by atoms with Gasteiger partial charge < -0.3 is 15.7 Å². The number of hydrogen-bond donors (Lipinski definition) is 3. The Morgan fingerprint density at radius 2 is 1.76 bits per heavy atom. The van der Waals surface area contributed by atoms with Crippen molar-refractivity contribution in [3.63, 3.8) is 0 Å². The van der Waals surface area contributed by atoms with Gasteiger partial charge in [0.2, 0.25) is 0 Å². The van der Waals surface area contributed by atoms with E-state index >= 15 is 0 Å². The van der Waals surface area contributed by atoms with Crippen LogP contribution in [0.4, 0.5) is 9.18 Å². The fraction of sp³-hybridized carbons (Fsp3) is 0.467. The topological polar surface area (TPSA) is 78.4 Å². The van der Waals surface area contributed by atoms with Crippen molar-refractivity contribution in [3.05, 3.63) is 35.6 Å². The van der Waals surface area contributed by atoms with Gasteiger partial charge in [-0.3, -0.25) is 4.79 Å². The minimum absolute atomic E-state index is 0.0645. The van der Waals surface area contributed by atoms with Crippen LogP contribution in [0.5, 0.6) is 0 Å². The van der Waals surface area contributed by atoms with Crippen LogP contribution >= 0.6 is 0 Å². The fourth-order valence-electron chi connectivity index (χ4n) is 1.89. The van der Waals surface area contributed by atoms with Crippen LogP contribution in [0.1, 0.15) is 32.4 Å². The van der Waals surface area contributed by atoms with Gasteiger partial charge in [-0.05, 0) is 30.5 Å². The Bertz CT molecular complexity index is 488. The number of carbonyl (C=O) groups is 2. The van der Waals surface area contributed by atoms with E-state index in [0.29, 0.717) is 0 Å². The third kappa shape index (κ3) is 5.41. The highest BCUT2D eigenvalue weighted by atomic mass is 19.1. The maximum absolute atomic E-state index is 12.8. The van der Waals surface area contributed by atoms with E-state index in [4.69, 9.17) is 5.11 Å². The van der Waals surface area contributed by atoms with Gasteiger partial charge in [0, 0.05) is 6.54 Å². The zero-order valence-electron chi connectivity index (χ0n) is 12.4. The highest BCUT2D eigenvalue weighted by molar-refractivity contribution is 5.76. The second kappa shape index (κ2) is 7.61. The third-order valence-corrected chi connectivity index (χ3v) is 3.32. The number of nitrogens with one attached hydrogen (secondary N) is 2. The second-order valence-electron chi connectivity index (χ2n) is 5.32. The van der Waals surface area contributed by atoms with Crippen LogP contribution in [0.15, 0.2) is 24.3 Å². The molecule has 0 aliphatic rings. The number of carboxylic acids is 1. The molecule has 0 radical (unpaired) electrons. The van der Waals surface area contributed by atoms with Crippen molar-refractivity contribution in [1.29, 1.82) is 0 Å². The lowest BCUT2D eigenvalue weighted by atomic mass is 9.96. The molecule has 0 bridgehead atoms. The van der Waals surface area contributed by atoms with Gasteiger partial charge >= 0.3 is 12.0 Å². The lowest BCUT2D eigenvalue weighted by molar-refractivity contribution is -0.142. The van der Waals surface area contributed by atoms with Crippen LogP contribution < -0.4 is 10.6 Å². The zero-order chi connectivity index (χ0) is 16.0. The highest BCUT2D eigenvalue weighted by Crippen LogP contribution is 2.13. The van der Waals surface area contributed by atoms with Crippen molar-refractivity contribution >= 4 is 12.0 Å². The average molecular weight is 296 g/mol. The predicted molar refractivity (Wildman–Crippen MR) is 77.3 cm³/mol. The van der Waals surface area contributed by atoms with Crippen molar-refractivity contribution in [2.75, 3.05) is 6.54 Å². The molecule has 0 fully saturated rings. The monoisotopic (exact) mass is 296 g/mol.